The number of carbonyl (C=O) groups excluding carboxylic acids is 1. The third-order valence-electron chi connectivity index (χ3n) is 2.26. The second kappa shape index (κ2) is 6.37. The minimum Gasteiger partial charge on any atom is -0.469 e. The average Bonchev–Trinajstić information content (AvgIpc) is 2.62. The van der Waals surface area contributed by atoms with Crippen molar-refractivity contribution < 1.29 is 9.53 Å². The zero-order chi connectivity index (χ0) is 12.1. The van der Waals surface area contributed by atoms with Gasteiger partial charge in [0.1, 0.15) is 0 Å². The van der Waals surface area contributed by atoms with Gasteiger partial charge < -0.3 is 9.64 Å². The summed E-state index contributed by atoms with van der Waals surface area (Å²) >= 11 is 5.11. The van der Waals surface area contributed by atoms with Crippen molar-refractivity contribution in [1.82, 2.24) is 4.90 Å². The van der Waals surface area contributed by atoms with E-state index in [2.05, 4.69) is 32.3 Å². The molecule has 0 N–H and O–H groups in total. The van der Waals surface area contributed by atoms with Crippen molar-refractivity contribution in [2.24, 2.45) is 5.92 Å². The fourth-order valence-corrected chi connectivity index (χ4v) is 2.75. The van der Waals surface area contributed by atoms with Gasteiger partial charge in [-0.25, -0.2) is 0 Å². The zero-order valence-electron chi connectivity index (χ0n) is 9.70. The molecule has 5 heteroatoms. The van der Waals surface area contributed by atoms with Crippen molar-refractivity contribution in [1.29, 1.82) is 0 Å². The van der Waals surface area contributed by atoms with Gasteiger partial charge in [-0.1, -0.05) is 6.92 Å². The second-order valence-corrected chi connectivity index (χ2v) is 6.17. The Morgan fingerprint density at radius 2 is 2.38 bits per heavy atom. The number of rotatable bonds is 5. The summed E-state index contributed by atoms with van der Waals surface area (Å²) in [6.45, 7) is 3.44. The molecule has 0 aliphatic carbocycles. The molecule has 1 aromatic rings. The molecular weight excluding hydrogens is 290 g/mol. The molecule has 0 bridgehead atoms. The Morgan fingerprint density at radius 3 is 2.88 bits per heavy atom. The maximum absolute atomic E-state index is 11.2. The number of ether oxygens (including phenoxy) is 1. The molecule has 16 heavy (non-hydrogen) atoms. The van der Waals surface area contributed by atoms with Crippen molar-refractivity contribution >= 4 is 33.2 Å². The van der Waals surface area contributed by atoms with Crippen LogP contribution in [-0.4, -0.2) is 31.6 Å². The lowest BCUT2D eigenvalue weighted by molar-refractivity contribution is -0.145. The van der Waals surface area contributed by atoms with Gasteiger partial charge >= 0.3 is 5.97 Å². The van der Waals surface area contributed by atoms with Crippen LogP contribution in [0.5, 0.6) is 0 Å². The van der Waals surface area contributed by atoms with Gasteiger partial charge in [0.05, 0.1) is 16.8 Å². The van der Waals surface area contributed by atoms with E-state index in [1.165, 1.54) is 12.7 Å². The average molecular weight is 306 g/mol. The van der Waals surface area contributed by atoms with Gasteiger partial charge in [0.2, 0.25) is 0 Å². The third kappa shape index (κ3) is 4.23. The lowest BCUT2D eigenvalue weighted by atomic mass is 10.1. The first kappa shape index (κ1) is 13.7. The molecule has 1 unspecified atom stereocenters. The van der Waals surface area contributed by atoms with Gasteiger partial charge in [0.25, 0.3) is 0 Å². The van der Waals surface area contributed by atoms with E-state index in [9.17, 15) is 4.79 Å². The van der Waals surface area contributed by atoms with E-state index in [1.54, 1.807) is 11.3 Å². The highest BCUT2D eigenvalue weighted by atomic mass is 79.9. The number of methoxy groups -OCH3 is 1. The van der Waals surface area contributed by atoms with Crippen molar-refractivity contribution in [2.45, 2.75) is 13.5 Å². The Bertz CT molecular complexity index is 354. The quantitative estimate of drug-likeness (QED) is 0.784. The van der Waals surface area contributed by atoms with Crippen molar-refractivity contribution in [2.75, 3.05) is 20.7 Å². The lowest BCUT2D eigenvalue weighted by Gasteiger charge is -2.19. The molecule has 0 radical (unpaired) electrons. The molecule has 1 aromatic heterocycles. The normalized spacial score (nSPS) is 12.8. The first-order chi connectivity index (χ1) is 7.52. The molecule has 1 atom stereocenters. The van der Waals surface area contributed by atoms with Gasteiger partial charge in [0, 0.05) is 13.1 Å². The van der Waals surface area contributed by atoms with Crippen LogP contribution >= 0.6 is 27.3 Å². The smallest absolute Gasteiger partial charge is 0.309 e. The lowest BCUT2D eigenvalue weighted by Crippen LogP contribution is -2.28. The van der Waals surface area contributed by atoms with Crippen molar-refractivity contribution in [3.05, 3.63) is 20.8 Å². The molecular formula is C11H16BrNO2S. The van der Waals surface area contributed by atoms with Crippen molar-refractivity contribution in [3.63, 3.8) is 0 Å². The van der Waals surface area contributed by atoms with Crippen LogP contribution in [0.15, 0.2) is 15.2 Å². The Morgan fingerprint density at radius 1 is 1.69 bits per heavy atom. The van der Waals surface area contributed by atoms with Gasteiger partial charge in [-0.15, -0.1) is 11.3 Å². The maximum atomic E-state index is 11.2. The summed E-state index contributed by atoms with van der Waals surface area (Å²) in [5.41, 5.74) is 1.26. The highest BCUT2D eigenvalue weighted by Crippen LogP contribution is 2.21. The maximum Gasteiger partial charge on any atom is 0.309 e. The van der Waals surface area contributed by atoms with Crippen LogP contribution in [0.2, 0.25) is 0 Å². The number of halogens is 1. The molecule has 0 saturated heterocycles. The summed E-state index contributed by atoms with van der Waals surface area (Å²) in [6.07, 6.45) is 0. The van der Waals surface area contributed by atoms with E-state index in [0.717, 1.165) is 10.3 Å². The van der Waals surface area contributed by atoms with Crippen LogP contribution in [0, 0.1) is 5.92 Å². The van der Waals surface area contributed by atoms with E-state index in [-0.39, 0.29) is 11.9 Å². The number of hydrogen-bond donors (Lipinski definition) is 0. The topological polar surface area (TPSA) is 29.5 Å². The highest BCUT2D eigenvalue weighted by Gasteiger charge is 2.15. The minimum absolute atomic E-state index is 0.0860. The summed E-state index contributed by atoms with van der Waals surface area (Å²) in [4.78, 5) is 13.4. The molecule has 0 saturated carbocycles. The fourth-order valence-electron chi connectivity index (χ4n) is 1.55. The van der Waals surface area contributed by atoms with E-state index in [0.29, 0.717) is 6.54 Å². The van der Waals surface area contributed by atoms with Crippen LogP contribution in [0.3, 0.4) is 0 Å². The molecule has 0 spiro atoms. The fraction of sp³-hybridized carbons (Fsp3) is 0.545. The molecule has 3 nitrogen and oxygen atoms in total. The zero-order valence-corrected chi connectivity index (χ0v) is 12.1. The number of nitrogens with zero attached hydrogens (tertiary/aromatic N) is 1. The van der Waals surface area contributed by atoms with Crippen LogP contribution in [0.25, 0.3) is 0 Å². The molecule has 0 fully saturated rings. The van der Waals surface area contributed by atoms with Crippen LogP contribution < -0.4 is 0 Å². The largest absolute Gasteiger partial charge is 0.469 e. The Balaban J connectivity index is 2.41. The number of esters is 1. The summed E-state index contributed by atoms with van der Waals surface area (Å²) in [5.74, 6) is -0.240. The third-order valence-corrected chi connectivity index (χ3v) is 3.82. The van der Waals surface area contributed by atoms with Gasteiger partial charge in [-0.3, -0.25) is 4.79 Å². The number of carbonyl (C=O) groups is 1. The Labute approximate surface area is 109 Å². The summed E-state index contributed by atoms with van der Waals surface area (Å²) in [7, 11) is 3.43. The van der Waals surface area contributed by atoms with Gasteiger partial charge in [-0.2, -0.15) is 0 Å². The second-order valence-electron chi connectivity index (χ2n) is 3.88. The predicted molar refractivity (Wildman–Crippen MR) is 69.5 cm³/mol. The van der Waals surface area contributed by atoms with E-state index < -0.39 is 0 Å². The molecule has 0 aliphatic rings. The molecule has 0 aromatic carbocycles. The number of hydrogen-bond acceptors (Lipinski definition) is 4. The molecule has 1 heterocycles. The first-order valence-electron chi connectivity index (χ1n) is 5.02. The molecule has 1 rings (SSSR count). The highest BCUT2D eigenvalue weighted by molar-refractivity contribution is 9.11. The molecule has 90 valence electrons. The Hall–Kier alpha value is -0.390. The summed E-state index contributed by atoms with van der Waals surface area (Å²) in [5, 5.41) is 2.11. The van der Waals surface area contributed by atoms with Crippen LogP contribution in [0.4, 0.5) is 0 Å². The molecule has 0 aliphatic heterocycles. The van der Waals surface area contributed by atoms with E-state index in [1.807, 2.05) is 14.0 Å². The predicted octanol–water partition coefficient (Wildman–Crippen LogP) is 2.75. The van der Waals surface area contributed by atoms with Crippen LogP contribution in [0.1, 0.15) is 12.5 Å². The van der Waals surface area contributed by atoms with Gasteiger partial charge in [-0.05, 0) is 40.0 Å². The standard InChI is InChI=1S/C11H16BrNO2S/c1-8(11(14)15-3)5-13(2)6-9-4-10(12)16-7-9/h4,7-8H,5-6H2,1-3H3. The van der Waals surface area contributed by atoms with E-state index in [4.69, 9.17) is 4.74 Å². The van der Waals surface area contributed by atoms with E-state index >= 15 is 0 Å². The monoisotopic (exact) mass is 305 g/mol. The van der Waals surface area contributed by atoms with Crippen LogP contribution in [-0.2, 0) is 16.1 Å². The Kier molecular flexibility index (Phi) is 5.44. The summed E-state index contributed by atoms with van der Waals surface area (Å²) < 4.78 is 5.83. The van der Waals surface area contributed by atoms with Gasteiger partial charge in [0.15, 0.2) is 0 Å². The SMILES string of the molecule is COC(=O)C(C)CN(C)Cc1csc(Br)c1. The summed E-state index contributed by atoms with van der Waals surface area (Å²) in [6, 6.07) is 2.10. The van der Waals surface area contributed by atoms with Crippen molar-refractivity contribution in [3.8, 4) is 0 Å². The minimum atomic E-state index is -0.154. The first-order valence-corrected chi connectivity index (χ1v) is 6.69. The molecule has 0 amide bonds. The number of thiophene rings is 1.